The van der Waals surface area contributed by atoms with Gasteiger partial charge in [-0.3, -0.25) is 4.79 Å². The quantitative estimate of drug-likeness (QED) is 0.752. The summed E-state index contributed by atoms with van der Waals surface area (Å²) in [6, 6.07) is 11.2. The van der Waals surface area contributed by atoms with Crippen molar-refractivity contribution >= 4 is 21.8 Å². The van der Waals surface area contributed by atoms with Crippen LogP contribution in [-0.4, -0.2) is 20.4 Å². The van der Waals surface area contributed by atoms with E-state index in [1.807, 2.05) is 48.1 Å². The maximum Gasteiger partial charge on any atom is 0.268 e. The molecule has 0 saturated heterocycles. The zero-order valence-electron chi connectivity index (χ0n) is 12.0. The predicted molar refractivity (Wildman–Crippen MR) is 87.5 cm³/mol. The lowest BCUT2D eigenvalue weighted by Gasteiger charge is -2.18. The molecule has 0 aliphatic carbocycles. The smallest absolute Gasteiger partial charge is 0.268 e. The Morgan fingerprint density at radius 1 is 1.36 bits per heavy atom. The molecule has 2 heterocycles. The predicted octanol–water partition coefficient (Wildman–Crippen LogP) is 3.03. The lowest BCUT2D eigenvalue weighted by atomic mass is 10.1. The number of aromatic nitrogens is 3. The van der Waals surface area contributed by atoms with Gasteiger partial charge in [0.2, 0.25) is 0 Å². The average Bonchev–Trinajstić information content (AvgIpc) is 3.14. The summed E-state index contributed by atoms with van der Waals surface area (Å²) in [7, 11) is 1.91. The van der Waals surface area contributed by atoms with Crippen molar-refractivity contribution in [2.24, 2.45) is 7.05 Å². The van der Waals surface area contributed by atoms with Crippen LogP contribution < -0.4 is 5.32 Å². The standard InChI is InChI=1S/C16H15BrN4O/c1-21-8-7-18-15(21)14(11-5-3-2-4-6-11)20-16(22)13-9-12(17)10-19-13/h2-10,14,19H,1H3,(H,20,22)/t14-/m1/s1. The van der Waals surface area contributed by atoms with Crippen LogP contribution in [0.15, 0.2) is 59.5 Å². The van der Waals surface area contributed by atoms with Gasteiger partial charge in [-0.2, -0.15) is 0 Å². The third-order valence-electron chi connectivity index (χ3n) is 3.42. The molecule has 1 aromatic carbocycles. The van der Waals surface area contributed by atoms with Crippen molar-refractivity contribution in [2.45, 2.75) is 6.04 Å². The molecule has 112 valence electrons. The first kappa shape index (κ1) is 14.6. The summed E-state index contributed by atoms with van der Waals surface area (Å²) in [5.41, 5.74) is 1.48. The fourth-order valence-electron chi connectivity index (χ4n) is 2.31. The highest BCUT2D eigenvalue weighted by Crippen LogP contribution is 2.21. The molecule has 0 radical (unpaired) electrons. The number of nitrogens with zero attached hydrogens (tertiary/aromatic N) is 2. The average molecular weight is 359 g/mol. The molecule has 0 saturated carbocycles. The molecule has 0 fully saturated rings. The summed E-state index contributed by atoms with van der Waals surface area (Å²) in [4.78, 5) is 19.8. The van der Waals surface area contributed by atoms with Crippen LogP contribution in [0, 0.1) is 0 Å². The minimum atomic E-state index is -0.309. The van der Waals surface area contributed by atoms with Crippen molar-refractivity contribution in [1.82, 2.24) is 19.9 Å². The van der Waals surface area contributed by atoms with Crippen LogP contribution in [-0.2, 0) is 7.05 Å². The Kier molecular flexibility index (Phi) is 4.11. The Labute approximate surface area is 136 Å². The molecule has 1 atom stereocenters. The Morgan fingerprint density at radius 3 is 2.73 bits per heavy atom. The van der Waals surface area contributed by atoms with Crippen molar-refractivity contribution in [3.05, 3.63) is 76.5 Å². The largest absolute Gasteiger partial charge is 0.356 e. The van der Waals surface area contributed by atoms with E-state index in [0.29, 0.717) is 5.69 Å². The van der Waals surface area contributed by atoms with Crippen molar-refractivity contribution in [1.29, 1.82) is 0 Å². The number of nitrogens with one attached hydrogen (secondary N) is 2. The van der Waals surface area contributed by atoms with E-state index in [1.165, 1.54) is 0 Å². The zero-order chi connectivity index (χ0) is 15.5. The lowest BCUT2D eigenvalue weighted by molar-refractivity contribution is 0.0936. The number of carbonyl (C=O) groups is 1. The molecule has 3 rings (SSSR count). The molecule has 5 nitrogen and oxygen atoms in total. The molecule has 0 spiro atoms. The highest BCUT2D eigenvalue weighted by atomic mass is 79.9. The van der Waals surface area contributed by atoms with Gasteiger partial charge in [0.05, 0.1) is 0 Å². The van der Waals surface area contributed by atoms with Crippen LogP contribution >= 0.6 is 15.9 Å². The number of hydrogen-bond donors (Lipinski definition) is 2. The number of rotatable bonds is 4. The lowest BCUT2D eigenvalue weighted by Crippen LogP contribution is -2.31. The maximum absolute atomic E-state index is 12.4. The molecule has 0 unspecified atom stereocenters. The van der Waals surface area contributed by atoms with E-state index in [2.05, 4.69) is 31.2 Å². The van der Waals surface area contributed by atoms with E-state index >= 15 is 0 Å². The first-order chi connectivity index (χ1) is 10.6. The second-order valence-electron chi connectivity index (χ2n) is 4.95. The van der Waals surface area contributed by atoms with Gasteiger partial charge in [-0.25, -0.2) is 4.98 Å². The Morgan fingerprint density at radius 2 is 2.14 bits per heavy atom. The monoisotopic (exact) mass is 358 g/mol. The van der Waals surface area contributed by atoms with Crippen LogP contribution in [0.1, 0.15) is 27.9 Å². The topological polar surface area (TPSA) is 62.7 Å². The van der Waals surface area contributed by atoms with Gasteiger partial charge in [0.25, 0.3) is 5.91 Å². The van der Waals surface area contributed by atoms with Crippen molar-refractivity contribution in [2.75, 3.05) is 0 Å². The van der Waals surface area contributed by atoms with Gasteiger partial charge in [-0.05, 0) is 27.6 Å². The number of benzene rings is 1. The molecule has 0 aliphatic rings. The SMILES string of the molecule is Cn1ccnc1[C@H](NC(=O)c1cc(Br)c[nH]1)c1ccccc1. The number of imidazole rings is 1. The van der Waals surface area contributed by atoms with Crippen LogP contribution in [0.4, 0.5) is 0 Å². The molecule has 3 aromatic rings. The number of halogens is 1. The molecule has 2 aromatic heterocycles. The first-order valence-corrected chi connectivity index (χ1v) is 7.61. The van der Waals surface area contributed by atoms with Gasteiger partial charge < -0.3 is 14.9 Å². The highest BCUT2D eigenvalue weighted by Gasteiger charge is 2.21. The molecular weight excluding hydrogens is 344 g/mol. The molecular formula is C16H15BrN4O. The third-order valence-corrected chi connectivity index (χ3v) is 3.88. The summed E-state index contributed by atoms with van der Waals surface area (Å²) in [5, 5.41) is 3.03. The molecule has 6 heteroatoms. The number of carbonyl (C=O) groups excluding carboxylic acids is 1. The number of H-pyrrole nitrogens is 1. The van der Waals surface area contributed by atoms with E-state index in [4.69, 9.17) is 0 Å². The van der Waals surface area contributed by atoms with Crippen LogP contribution in [0.3, 0.4) is 0 Å². The normalized spacial score (nSPS) is 12.1. The minimum Gasteiger partial charge on any atom is -0.356 e. The Balaban J connectivity index is 1.93. The summed E-state index contributed by atoms with van der Waals surface area (Å²) >= 11 is 3.33. The highest BCUT2D eigenvalue weighted by molar-refractivity contribution is 9.10. The summed E-state index contributed by atoms with van der Waals surface area (Å²) < 4.78 is 2.74. The van der Waals surface area contributed by atoms with E-state index in [1.54, 1.807) is 18.5 Å². The fourth-order valence-corrected chi connectivity index (χ4v) is 2.65. The third kappa shape index (κ3) is 2.96. The number of aromatic amines is 1. The van der Waals surface area contributed by atoms with E-state index in [-0.39, 0.29) is 11.9 Å². The van der Waals surface area contributed by atoms with Gasteiger partial charge in [0.15, 0.2) is 0 Å². The Bertz CT molecular complexity index is 778. The first-order valence-electron chi connectivity index (χ1n) is 6.82. The van der Waals surface area contributed by atoms with E-state index < -0.39 is 0 Å². The fraction of sp³-hybridized carbons (Fsp3) is 0.125. The van der Waals surface area contributed by atoms with Gasteiger partial charge in [-0.1, -0.05) is 30.3 Å². The molecule has 1 amide bonds. The van der Waals surface area contributed by atoms with E-state index in [9.17, 15) is 4.79 Å². The maximum atomic E-state index is 12.4. The van der Waals surface area contributed by atoms with Crippen LogP contribution in [0.2, 0.25) is 0 Å². The number of hydrogen-bond acceptors (Lipinski definition) is 2. The molecule has 22 heavy (non-hydrogen) atoms. The van der Waals surface area contributed by atoms with Gasteiger partial charge in [-0.15, -0.1) is 0 Å². The van der Waals surface area contributed by atoms with Gasteiger partial charge >= 0.3 is 0 Å². The van der Waals surface area contributed by atoms with E-state index in [0.717, 1.165) is 15.9 Å². The van der Waals surface area contributed by atoms with Crippen LogP contribution in [0.5, 0.6) is 0 Å². The number of amides is 1. The second kappa shape index (κ2) is 6.19. The van der Waals surface area contributed by atoms with Gasteiger partial charge in [0, 0.05) is 30.1 Å². The molecule has 2 N–H and O–H groups in total. The van der Waals surface area contributed by atoms with Crippen molar-refractivity contribution in [3.8, 4) is 0 Å². The number of aryl methyl sites for hydroxylation is 1. The molecule has 0 aliphatic heterocycles. The summed E-state index contributed by atoms with van der Waals surface area (Å²) in [5.74, 6) is 0.604. The molecule has 0 bridgehead atoms. The van der Waals surface area contributed by atoms with Crippen molar-refractivity contribution in [3.63, 3.8) is 0 Å². The van der Waals surface area contributed by atoms with Crippen molar-refractivity contribution < 1.29 is 4.79 Å². The Hall–Kier alpha value is -2.34. The second-order valence-corrected chi connectivity index (χ2v) is 5.86. The zero-order valence-corrected chi connectivity index (χ0v) is 13.5. The van der Waals surface area contributed by atoms with Crippen LogP contribution in [0.25, 0.3) is 0 Å². The minimum absolute atomic E-state index is 0.178. The summed E-state index contributed by atoms with van der Waals surface area (Å²) in [6.07, 6.45) is 5.32. The van der Waals surface area contributed by atoms with Gasteiger partial charge in [0.1, 0.15) is 17.6 Å². The summed E-state index contributed by atoms with van der Waals surface area (Å²) in [6.45, 7) is 0.